The zero-order valence-corrected chi connectivity index (χ0v) is 16.6. The van der Waals surface area contributed by atoms with Crippen molar-refractivity contribution in [3.05, 3.63) is 52.3 Å². The Morgan fingerprint density at radius 1 is 1.11 bits per heavy atom. The van der Waals surface area contributed by atoms with Gasteiger partial charge in [-0.1, -0.05) is 11.6 Å². The van der Waals surface area contributed by atoms with Crippen LogP contribution in [0.1, 0.15) is 17.5 Å². The Kier molecular flexibility index (Phi) is 7.30. The molecule has 0 atom stereocenters. The highest BCUT2D eigenvalue weighted by Crippen LogP contribution is 2.31. The van der Waals surface area contributed by atoms with E-state index in [0.29, 0.717) is 23.8 Å². The number of hydrogen-bond donors (Lipinski definition) is 0. The third kappa shape index (κ3) is 5.50. The second kappa shape index (κ2) is 9.46. The molecule has 0 aromatic heterocycles. The lowest BCUT2D eigenvalue weighted by molar-refractivity contribution is -0.130. The van der Waals surface area contributed by atoms with Crippen LogP contribution in [0.25, 0.3) is 0 Å². The van der Waals surface area contributed by atoms with Gasteiger partial charge in [0.25, 0.3) is 0 Å². The number of ether oxygens (including phenoxy) is 3. The van der Waals surface area contributed by atoms with Crippen molar-refractivity contribution in [3.8, 4) is 17.2 Å². The molecular weight excluding hydrogens is 373 g/mol. The maximum Gasteiger partial charge on any atom is 0.226 e. The predicted molar refractivity (Wildman–Crippen MR) is 102 cm³/mol. The zero-order chi connectivity index (χ0) is 20.0. The number of carbonyl (C=O) groups is 1. The first-order valence-corrected chi connectivity index (χ1v) is 8.76. The van der Waals surface area contributed by atoms with Crippen LogP contribution in [0.3, 0.4) is 0 Å². The highest BCUT2D eigenvalue weighted by atomic mass is 35.5. The monoisotopic (exact) mass is 395 g/mol. The number of benzene rings is 2. The maximum absolute atomic E-state index is 13.0. The molecule has 0 bridgehead atoms. The molecule has 0 aliphatic carbocycles. The van der Waals surface area contributed by atoms with Crippen LogP contribution in [-0.2, 0) is 11.3 Å². The van der Waals surface area contributed by atoms with E-state index in [-0.39, 0.29) is 24.0 Å². The molecule has 0 N–H and O–H groups in total. The molecule has 2 rings (SSSR count). The second-order valence-corrected chi connectivity index (χ2v) is 6.46. The minimum atomic E-state index is -0.437. The SMILES string of the molecule is COc1cc(C)c(CN(C)C(=O)CCOc2ccc(F)cc2Cl)cc1OC. The van der Waals surface area contributed by atoms with Crippen molar-refractivity contribution in [2.24, 2.45) is 0 Å². The van der Waals surface area contributed by atoms with Crippen LogP contribution in [0.5, 0.6) is 17.2 Å². The van der Waals surface area contributed by atoms with Gasteiger partial charge in [-0.2, -0.15) is 0 Å². The number of amides is 1. The van der Waals surface area contributed by atoms with Crippen LogP contribution in [0.15, 0.2) is 30.3 Å². The lowest BCUT2D eigenvalue weighted by Gasteiger charge is -2.20. The molecule has 0 aliphatic rings. The molecule has 0 saturated carbocycles. The number of carbonyl (C=O) groups excluding carboxylic acids is 1. The molecule has 0 spiro atoms. The molecule has 5 nitrogen and oxygen atoms in total. The molecule has 146 valence electrons. The number of aryl methyl sites for hydroxylation is 1. The fraction of sp³-hybridized carbons (Fsp3) is 0.350. The van der Waals surface area contributed by atoms with Gasteiger partial charge in [0.15, 0.2) is 11.5 Å². The van der Waals surface area contributed by atoms with E-state index >= 15 is 0 Å². The molecule has 2 aromatic rings. The summed E-state index contributed by atoms with van der Waals surface area (Å²) < 4.78 is 29.1. The van der Waals surface area contributed by atoms with E-state index in [1.165, 1.54) is 18.2 Å². The number of nitrogens with zero attached hydrogens (tertiary/aromatic N) is 1. The van der Waals surface area contributed by atoms with E-state index in [1.54, 1.807) is 26.2 Å². The lowest BCUT2D eigenvalue weighted by atomic mass is 10.1. The Morgan fingerprint density at radius 2 is 1.78 bits per heavy atom. The van der Waals surface area contributed by atoms with Gasteiger partial charge in [-0.05, 0) is 48.4 Å². The summed E-state index contributed by atoms with van der Waals surface area (Å²) in [4.78, 5) is 14.0. The van der Waals surface area contributed by atoms with Gasteiger partial charge in [-0.25, -0.2) is 4.39 Å². The Morgan fingerprint density at radius 3 is 2.41 bits per heavy atom. The van der Waals surface area contributed by atoms with Gasteiger partial charge in [0.1, 0.15) is 11.6 Å². The quantitative estimate of drug-likeness (QED) is 0.671. The number of halogens is 2. The summed E-state index contributed by atoms with van der Waals surface area (Å²) in [5.74, 6) is 1.10. The highest BCUT2D eigenvalue weighted by Gasteiger charge is 2.14. The highest BCUT2D eigenvalue weighted by molar-refractivity contribution is 6.32. The average Bonchev–Trinajstić information content (AvgIpc) is 2.64. The first-order valence-electron chi connectivity index (χ1n) is 8.39. The van der Waals surface area contributed by atoms with E-state index in [2.05, 4.69) is 0 Å². The van der Waals surface area contributed by atoms with E-state index in [0.717, 1.165) is 11.1 Å². The van der Waals surface area contributed by atoms with Crippen LogP contribution in [0.4, 0.5) is 4.39 Å². The van der Waals surface area contributed by atoms with Crippen LogP contribution in [0, 0.1) is 12.7 Å². The predicted octanol–water partition coefficient (Wildman–Crippen LogP) is 4.23. The van der Waals surface area contributed by atoms with E-state index < -0.39 is 5.82 Å². The topological polar surface area (TPSA) is 48.0 Å². The Hall–Kier alpha value is -2.47. The van der Waals surface area contributed by atoms with Gasteiger partial charge in [0.2, 0.25) is 5.91 Å². The fourth-order valence-electron chi connectivity index (χ4n) is 2.57. The molecule has 1 amide bonds. The second-order valence-electron chi connectivity index (χ2n) is 6.06. The number of methoxy groups -OCH3 is 2. The van der Waals surface area contributed by atoms with E-state index in [1.807, 2.05) is 19.1 Å². The minimum Gasteiger partial charge on any atom is -0.493 e. The van der Waals surface area contributed by atoms with E-state index in [9.17, 15) is 9.18 Å². The average molecular weight is 396 g/mol. The van der Waals surface area contributed by atoms with Gasteiger partial charge in [-0.15, -0.1) is 0 Å². The van der Waals surface area contributed by atoms with Crippen molar-refractivity contribution in [1.82, 2.24) is 4.90 Å². The van der Waals surface area contributed by atoms with E-state index in [4.69, 9.17) is 25.8 Å². The molecule has 0 unspecified atom stereocenters. The normalized spacial score (nSPS) is 10.4. The molecular formula is C20H23ClFNO4. The standard InChI is InChI=1S/C20H23ClFNO4/c1-13-9-18(25-3)19(26-4)10-14(13)12-23(2)20(24)7-8-27-17-6-5-15(22)11-16(17)21/h5-6,9-11H,7-8,12H2,1-4H3. The summed E-state index contributed by atoms with van der Waals surface area (Å²) in [6.45, 7) is 2.54. The fourth-order valence-corrected chi connectivity index (χ4v) is 2.79. The van der Waals surface area contributed by atoms with Crippen LogP contribution in [-0.4, -0.2) is 38.7 Å². The Labute approximate surface area is 163 Å². The summed E-state index contributed by atoms with van der Waals surface area (Å²) in [5.41, 5.74) is 1.97. The number of rotatable bonds is 8. The Bertz CT molecular complexity index is 813. The first kappa shape index (κ1) is 20.8. The molecule has 27 heavy (non-hydrogen) atoms. The maximum atomic E-state index is 13.0. The lowest BCUT2D eigenvalue weighted by Crippen LogP contribution is -2.27. The van der Waals surface area contributed by atoms with Crippen molar-refractivity contribution >= 4 is 17.5 Å². The van der Waals surface area contributed by atoms with Gasteiger partial charge in [-0.3, -0.25) is 4.79 Å². The van der Waals surface area contributed by atoms with Gasteiger partial charge >= 0.3 is 0 Å². The molecule has 0 radical (unpaired) electrons. The largest absolute Gasteiger partial charge is 0.493 e. The Balaban J connectivity index is 1.93. The summed E-state index contributed by atoms with van der Waals surface area (Å²) in [5, 5.41) is 0.178. The molecule has 0 saturated heterocycles. The van der Waals surface area contributed by atoms with Crippen molar-refractivity contribution < 1.29 is 23.4 Å². The number of hydrogen-bond acceptors (Lipinski definition) is 4. The van der Waals surface area contributed by atoms with Crippen LogP contribution in [0.2, 0.25) is 5.02 Å². The van der Waals surface area contributed by atoms with Crippen LogP contribution >= 0.6 is 11.6 Å². The molecule has 7 heteroatoms. The molecule has 0 heterocycles. The first-order chi connectivity index (χ1) is 12.8. The van der Waals surface area contributed by atoms with Crippen molar-refractivity contribution in [1.29, 1.82) is 0 Å². The molecule has 2 aromatic carbocycles. The van der Waals surface area contributed by atoms with Crippen molar-refractivity contribution in [2.75, 3.05) is 27.9 Å². The third-order valence-electron chi connectivity index (χ3n) is 4.14. The molecule has 0 aliphatic heterocycles. The smallest absolute Gasteiger partial charge is 0.226 e. The summed E-state index contributed by atoms with van der Waals surface area (Å²) in [7, 11) is 4.88. The summed E-state index contributed by atoms with van der Waals surface area (Å²) in [6, 6.07) is 7.62. The summed E-state index contributed by atoms with van der Waals surface area (Å²) >= 11 is 5.90. The zero-order valence-electron chi connectivity index (χ0n) is 15.8. The van der Waals surface area contributed by atoms with Crippen molar-refractivity contribution in [3.63, 3.8) is 0 Å². The van der Waals surface area contributed by atoms with Gasteiger partial charge < -0.3 is 19.1 Å². The third-order valence-corrected chi connectivity index (χ3v) is 4.44. The van der Waals surface area contributed by atoms with Crippen LogP contribution < -0.4 is 14.2 Å². The van der Waals surface area contributed by atoms with Gasteiger partial charge in [0, 0.05) is 13.6 Å². The summed E-state index contributed by atoms with van der Waals surface area (Å²) in [6.07, 6.45) is 0.177. The van der Waals surface area contributed by atoms with Crippen molar-refractivity contribution in [2.45, 2.75) is 19.9 Å². The minimum absolute atomic E-state index is 0.0811. The van der Waals surface area contributed by atoms with Gasteiger partial charge in [0.05, 0.1) is 32.3 Å². The molecule has 0 fully saturated rings.